The van der Waals surface area contributed by atoms with E-state index in [4.69, 9.17) is 11.6 Å². The van der Waals surface area contributed by atoms with Gasteiger partial charge in [0.2, 0.25) is 5.91 Å². The van der Waals surface area contributed by atoms with E-state index in [2.05, 4.69) is 11.6 Å². The first kappa shape index (κ1) is 19.3. The molecule has 138 valence electrons. The Morgan fingerprint density at radius 1 is 1.22 bits per heavy atom. The lowest BCUT2D eigenvalue weighted by Gasteiger charge is -2.13. The van der Waals surface area contributed by atoms with Crippen molar-refractivity contribution in [3.05, 3.63) is 77.6 Å². The fourth-order valence-corrected chi connectivity index (χ4v) is 3.86. The van der Waals surface area contributed by atoms with Gasteiger partial charge in [-0.1, -0.05) is 29.4 Å². The van der Waals surface area contributed by atoms with E-state index in [1.807, 2.05) is 0 Å². The number of aliphatic imine (C=N–C) groups is 1. The van der Waals surface area contributed by atoms with Crippen molar-refractivity contribution in [1.82, 2.24) is 4.90 Å². The van der Waals surface area contributed by atoms with Crippen LogP contribution in [0.5, 0.6) is 0 Å². The summed E-state index contributed by atoms with van der Waals surface area (Å²) in [5, 5.41) is 0.455. The topological polar surface area (TPSA) is 49.7 Å². The van der Waals surface area contributed by atoms with Crippen LogP contribution in [0.2, 0.25) is 5.02 Å². The lowest BCUT2D eigenvalue weighted by atomic mass is 10.1. The summed E-state index contributed by atoms with van der Waals surface area (Å²) in [5.74, 6) is -0.689. The van der Waals surface area contributed by atoms with Crippen LogP contribution < -0.4 is 0 Å². The zero-order chi connectivity index (χ0) is 19.4. The van der Waals surface area contributed by atoms with Gasteiger partial charge in [0.15, 0.2) is 11.0 Å². The predicted molar refractivity (Wildman–Crippen MR) is 107 cm³/mol. The minimum absolute atomic E-state index is 0.0568. The van der Waals surface area contributed by atoms with Gasteiger partial charge in [-0.05, 0) is 48.5 Å². The van der Waals surface area contributed by atoms with E-state index in [-0.39, 0.29) is 30.5 Å². The molecule has 0 saturated carbocycles. The lowest BCUT2D eigenvalue weighted by molar-refractivity contribution is -0.125. The molecular formula is C20H16ClFN2O2S. The van der Waals surface area contributed by atoms with Gasteiger partial charge in [-0.15, -0.1) is 6.58 Å². The number of thioether (sulfide) groups is 1. The third-order valence-electron chi connectivity index (χ3n) is 3.92. The van der Waals surface area contributed by atoms with Crippen LogP contribution in [0.25, 0.3) is 0 Å². The van der Waals surface area contributed by atoms with Crippen LogP contribution >= 0.6 is 23.4 Å². The predicted octanol–water partition coefficient (Wildman–Crippen LogP) is 4.87. The standard InChI is InChI=1S/C20H16ClFN2O2S/c1-2-11-24-19(26)18(12-17(25)13-3-5-14(21)6-4-13)27-20(24)23-16-9-7-15(22)8-10-16/h2-10,18H,1,11-12H2/t18-/m0/s1. The number of hydrogen-bond donors (Lipinski definition) is 0. The number of Topliss-reactive ketones (excluding diaryl/α,β-unsaturated/α-hetero) is 1. The Bertz CT molecular complexity index is 897. The van der Waals surface area contributed by atoms with Crippen LogP contribution in [-0.4, -0.2) is 33.6 Å². The number of ketones is 1. The SMILES string of the molecule is C=CCN1C(=O)[C@H](CC(=O)c2ccc(Cl)cc2)SC1=Nc1ccc(F)cc1. The van der Waals surface area contributed by atoms with E-state index in [1.165, 1.54) is 40.9 Å². The minimum atomic E-state index is -0.563. The maximum atomic E-state index is 13.1. The Labute approximate surface area is 165 Å². The number of nitrogens with zero attached hydrogens (tertiary/aromatic N) is 2. The maximum absolute atomic E-state index is 13.1. The normalized spacial score (nSPS) is 18.1. The maximum Gasteiger partial charge on any atom is 0.242 e. The van der Waals surface area contributed by atoms with Crippen molar-refractivity contribution in [2.45, 2.75) is 11.7 Å². The van der Waals surface area contributed by atoms with Gasteiger partial charge in [-0.2, -0.15) is 0 Å². The smallest absolute Gasteiger partial charge is 0.242 e. The molecule has 1 saturated heterocycles. The molecule has 0 bridgehead atoms. The molecule has 2 aromatic rings. The number of amidine groups is 1. The second-order valence-corrected chi connectivity index (χ2v) is 7.46. The van der Waals surface area contributed by atoms with Crippen molar-refractivity contribution in [3.63, 3.8) is 0 Å². The molecule has 1 atom stereocenters. The first-order chi connectivity index (χ1) is 13.0. The highest BCUT2D eigenvalue weighted by Gasteiger charge is 2.38. The van der Waals surface area contributed by atoms with E-state index in [0.717, 1.165) is 0 Å². The lowest BCUT2D eigenvalue weighted by Crippen LogP contribution is -2.32. The van der Waals surface area contributed by atoms with Crippen molar-refractivity contribution in [3.8, 4) is 0 Å². The number of rotatable bonds is 6. The van der Waals surface area contributed by atoms with Crippen LogP contribution in [0, 0.1) is 5.82 Å². The molecule has 27 heavy (non-hydrogen) atoms. The second-order valence-electron chi connectivity index (χ2n) is 5.85. The molecule has 7 heteroatoms. The summed E-state index contributed by atoms with van der Waals surface area (Å²) < 4.78 is 13.1. The molecule has 3 rings (SSSR count). The van der Waals surface area contributed by atoms with E-state index < -0.39 is 5.25 Å². The molecule has 1 fully saturated rings. The molecule has 1 amide bonds. The van der Waals surface area contributed by atoms with Crippen molar-refractivity contribution in [2.24, 2.45) is 4.99 Å². The molecule has 1 heterocycles. The summed E-state index contributed by atoms with van der Waals surface area (Å²) in [6.45, 7) is 3.96. The summed E-state index contributed by atoms with van der Waals surface area (Å²) in [7, 11) is 0. The Kier molecular flexibility index (Phi) is 6.08. The summed E-state index contributed by atoms with van der Waals surface area (Å²) >= 11 is 7.07. The zero-order valence-electron chi connectivity index (χ0n) is 14.3. The fourth-order valence-electron chi connectivity index (χ4n) is 2.57. The molecule has 4 nitrogen and oxygen atoms in total. The van der Waals surface area contributed by atoms with Crippen molar-refractivity contribution in [1.29, 1.82) is 0 Å². The number of halogens is 2. The molecular weight excluding hydrogens is 387 g/mol. The van der Waals surface area contributed by atoms with E-state index >= 15 is 0 Å². The van der Waals surface area contributed by atoms with Crippen molar-refractivity contribution < 1.29 is 14.0 Å². The van der Waals surface area contributed by atoms with Crippen LogP contribution in [0.4, 0.5) is 10.1 Å². The Balaban J connectivity index is 1.79. The number of carbonyl (C=O) groups excluding carboxylic acids is 2. The third kappa shape index (κ3) is 4.64. The van der Waals surface area contributed by atoms with Crippen molar-refractivity contribution >= 4 is 45.9 Å². The summed E-state index contributed by atoms with van der Waals surface area (Å²) in [6.07, 6.45) is 1.66. The van der Waals surface area contributed by atoms with Crippen LogP contribution in [-0.2, 0) is 4.79 Å². The molecule has 0 radical (unpaired) electrons. The Hall–Kier alpha value is -2.44. The van der Waals surface area contributed by atoms with Gasteiger partial charge >= 0.3 is 0 Å². The number of carbonyl (C=O) groups is 2. The van der Waals surface area contributed by atoms with E-state index in [1.54, 1.807) is 30.3 Å². The van der Waals surface area contributed by atoms with E-state index in [9.17, 15) is 14.0 Å². The van der Waals surface area contributed by atoms with Gasteiger partial charge in [0.25, 0.3) is 0 Å². The van der Waals surface area contributed by atoms with Gasteiger partial charge in [0.1, 0.15) is 5.82 Å². The summed E-state index contributed by atoms with van der Waals surface area (Å²) in [4.78, 5) is 31.1. The largest absolute Gasteiger partial charge is 0.294 e. The molecule has 0 aliphatic carbocycles. The molecule has 1 aliphatic rings. The molecule has 0 N–H and O–H groups in total. The Morgan fingerprint density at radius 2 is 1.89 bits per heavy atom. The monoisotopic (exact) mass is 402 g/mol. The van der Waals surface area contributed by atoms with Gasteiger partial charge < -0.3 is 0 Å². The first-order valence-corrected chi connectivity index (χ1v) is 9.45. The third-order valence-corrected chi connectivity index (χ3v) is 5.35. The Morgan fingerprint density at radius 3 is 2.52 bits per heavy atom. The quantitative estimate of drug-likeness (QED) is 0.511. The highest BCUT2D eigenvalue weighted by Crippen LogP contribution is 2.32. The first-order valence-electron chi connectivity index (χ1n) is 8.20. The molecule has 2 aromatic carbocycles. The molecule has 0 spiro atoms. The highest BCUT2D eigenvalue weighted by molar-refractivity contribution is 8.15. The molecule has 0 aromatic heterocycles. The molecule has 1 aliphatic heterocycles. The highest BCUT2D eigenvalue weighted by atomic mass is 35.5. The van der Waals surface area contributed by atoms with Gasteiger partial charge in [-0.3, -0.25) is 14.5 Å². The van der Waals surface area contributed by atoms with Crippen LogP contribution in [0.1, 0.15) is 16.8 Å². The fraction of sp³-hybridized carbons (Fsp3) is 0.150. The minimum Gasteiger partial charge on any atom is -0.294 e. The zero-order valence-corrected chi connectivity index (χ0v) is 15.8. The average molecular weight is 403 g/mol. The van der Waals surface area contributed by atoms with Gasteiger partial charge in [0.05, 0.1) is 10.9 Å². The van der Waals surface area contributed by atoms with Crippen LogP contribution in [0.15, 0.2) is 66.2 Å². The number of benzene rings is 2. The van der Waals surface area contributed by atoms with Crippen LogP contribution in [0.3, 0.4) is 0 Å². The summed E-state index contributed by atoms with van der Waals surface area (Å²) in [6, 6.07) is 12.2. The van der Waals surface area contributed by atoms with Gasteiger partial charge in [0, 0.05) is 23.6 Å². The molecule has 0 unspecified atom stereocenters. The average Bonchev–Trinajstić information content (AvgIpc) is 2.93. The number of amides is 1. The van der Waals surface area contributed by atoms with Crippen molar-refractivity contribution in [2.75, 3.05) is 6.54 Å². The summed E-state index contributed by atoms with van der Waals surface area (Å²) in [5.41, 5.74) is 1.04. The number of hydrogen-bond acceptors (Lipinski definition) is 4. The van der Waals surface area contributed by atoms with E-state index in [0.29, 0.717) is 21.4 Å². The second kappa shape index (κ2) is 8.50. The van der Waals surface area contributed by atoms with Gasteiger partial charge in [-0.25, -0.2) is 9.38 Å².